The lowest BCUT2D eigenvalue weighted by Gasteiger charge is -2.06. The number of carbonyl (C=O) groups excluding carboxylic acids is 1. The fraction of sp³-hybridized carbons (Fsp3) is 0.700. The van der Waals surface area contributed by atoms with Crippen molar-refractivity contribution in [2.24, 2.45) is 0 Å². The highest BCUT2D eigenvalue weighted by Gasteiger charge is 2.20. The Morgan fingerprint density at radius 3 is 2.58 bits per heavy atom. The van der Waals surface area contributed by atoms with Gasteiger partial charge in [0.1, 0.15) is 0 Å². The number of hydrogen-bond acceptors (Lipinski definition) is 3. The standard InChI is InChI=1S/C20H32O4/c1-2-3-6-10-18-16(13-15-19(18)22)12-14-17(21)9-7-4-5-8-11-20(23)24/h12,14,17,21H,2-11,13,15H2,1H3,(H,23,24)/b14-12+/t17-/m0/s1. The molecule has 0 spiro atoms. The zero-order valence-corrected chi connectivity index (χ0v) is 14.9. The molecule has 4 nitrogen and oxygen atoms in total. The Bertz CT molecular complexity index is 462. The molecule has 4 heteroatoms. The summed E-state index contributed by atoms with van der Waals surface area (Å²) in [7, 11) is 0. The molecule has 0 saturated heterocycles. The molecule has 0 unspecified atom stereocenters. The lowest BCUT2D eigenvalue weighted by molar-refractivity contribution is -0.137. The van der Waals surface area contributed by atoms with Crippen LogP contribution >= 0.6 is 0 Å². The van der Waals surface area contributed by atoms with Crippen LogP contribution in [0.25, 0.3) is 0 Å². The van der Waals surface area contributed by atoms with Gasteiger partial charge in [-0.15, -0.1) is 0 Å². The van der Waals surface area contributed by atoms with Gasteiger partial charge in [0, 0.05) is 12.8 Å². The number of aliphatic hydroxyl groups excluding tert-OH is 1. The van der Waals surface area contributed by atoms with E-state index in [2.05, 4.69) is 6.92 Å². The number of ketones is 1. The second-order valence-electron chi connectivity index (χ2n) is 6.66. The average Bonchev–Trinajstić information content (AvgIpc) is 2.89. The number of carbonyl (C=O) groups is 2. The molecule has 0 fully saturated rings. The van der Waals surface area contributed by atoms with Crippen LogP contribution in [-0.2, 0) is 9.59 Å². The van der Waals surface area contributed by atoms with Crippen LogP contribution in [0.1, 0.15) is 84.0 Å². The van der Waals surface area contributed by atoms with Gasteiger partial charge in [-0.05, 0) is 43.3 Å². The molecule has 1 aliphatic rings. The normalized spacial score (nSPS) is 16.3. The van der Waals surface area contributed by atoms with Crippen LogP contribution < -0.4 is 0 Å². The van der Waals surface area contributed by atoms with Crippen molar-refractivity contribution in [3.63, 3.8) is 0 Å². The maximum absolute atomic E-state index is 11.9. The molecule has 1 rings (SSSR count). The lowest BCUT2D eigenvalue weighted by Crippen LogP contribution is -2.02. The Morgan fingerprint density at radius 1 is 1.12 bits per heavy atom. The zero-order chi connectivity index (χ0) is 17.8. The second-order valence-corrected chi connectivity index (χ2v) is 6.66. The minimum absolute atomic E-state index is 0.228. The van der Waals surface area contributed by atoms with Crippen LogP contribution in [-0.4, -0.2) is 28.1 Å². The Balaban J connectivity index is 2.31. The third kappa shape index (κ3) is 8.44. The van der Waals surface area contributed by atoms with Gasteiger partial charge in [-0.2, -0.15) is 0 Å². The van der Waals surface area contributed by atoms with Crippen LogP contribution in [0.2, 0.25) is 0 Å². The van der Waals surface area contributed by atoms with E-state index in [1.165, 1.54) is 0 Å². The average molecular weight is 336 g/mol. The Morgan fingerprint density at radius 2 is 1.88 bits per heavy atom. The van der Waals surface area contributed by atoms with E-state index in [4.69, 9.17) is 5.11 Å². The molecule has 0 bridgehead atoms. The van der Waals surface area contributed by atoms with E-state index >= 15 is 0 Å². The molecule has 1 aliphatic carbocycles. The maximum Gasteiger partial charge on any atom is 0.303 e. The molecule has 0 aromatic carbocycles. The number of carboxylic acid groups (broad SMARTS) is 1. The van der Waals surface area contributed by atoms with Crippen molar-refractivity contribution in [2.75, 3.05) is 0 Å². The lowest BCUT2D eigenvalue weighted by atomic mass is 10.0. The highest BCUT2D eigenvalue weighted by molar-refractivity contribution is 5.99. The molecule has 0 aromatic heterocycles. The SMILES string of the molecule is CCCCCC1=C(/C=C/[C@@H](O)CCCCCCC(=O)O)CCC1=O. The first kappa shape index (κ1) is 20.6. The molecule has 1 atom stereocenters. The summed E-state index contributed by atoms with van der Waals surface area (Å²) in [5, 5.41) is 18.6. The van der Waals surface area contributed by atoms with Gasteiger partial charge in [0.15, 0.2) is 5.78 Å². The summed E-state index contributed by atoms with van der Waals surface area (Å²) in [5.41, 5.74) is 2.08. The Hall–Kier alpha value is -1.42. The van der Waals surface area contributed by atoms with Crippen molar-refractivity contribution in [3.05, 3.63) is 23.3 Å². The molecule has 0 saturated carbocycles. The van der Waals surface area contributed by atoms with Crippen LogP contribution in [0.3, 0.4) is 0 Å². The summed E-state index contributed by atoms with van der Waals surface area (Å²) in [6, 6.07) is 0. The second kappa shape index (κ2) is 12.0. The number of rotatable bonds is 13. The van der Waals surface area contributed by atoms with Crippen molar-refractivity contribution in [2.45, 2.75) is 90.1 Å². The third-order valence-corrected chi connectivity index (χ3v) is 4.54. The number of aliphatic carboxylic acids is 1. The number of unbranched alkanes of at least 4 members (excludes halogenated alkanes) is 5. The van der Waals surface area contributed by atoms with Crippen molar-refractivity contribution in [1.82, 2.24) is 0 Å². The summed E-state index contributed by atoms with van der Waals surface area (Å²) >= 11 is 0. The number of aliphatic hydroxyl groups is 1. The quantitative estimate of drug-likeness (QED) is 0.483. The first-order chi connectivity index (χ1) is 11.5. The van der Waals surface area contributed by atoms with Crippen molar-refractivity contribution < 1.29 is 19.8 Å². The van der Waals surface area contributed by atoms with Crippen LogP contribution in [0, 0.1) is 0 Å². The van der Waals surface area contributed by atoms with E-state index in [1.54, 1.807) is 0 Å². The minimum atomic E-state index is -0.743. The van der Waals surface area contributed by atoms with Crippen LogP contribution in [0.4, 0.5) is 0 Å². The number of hydrogen-bond donors (Lipinski definition) is 2. The minimum Gasteiger partial charge on any atom is -0.481 e. The van der Waals surface area contributed by atoms with Gasteiger partial charge in [0.05, 0.1) is 6.10 Å². The van der Waals surface area contributed by atoms with Crippen LogP contribution in [0.15, 0.2) is 23.3 Å². The summed E-state index contributed by atoms with van der Waals surface area (Å²) in [6.45, 7) is 2.16. The molecule has 136 valence electrons. The zero-order valence-electron chi connectivity index (χ0n) is 14.9. The van der Waals surface area contributed by atoms with Gasteiger partial charge in [0.25, 0.3) is 0 Å². The van der Waals surface area contributed by atoms with Crippen molar-refractivity contribution in [3.8, 4) is 0 Å². The highest BCUT2D eigenvalue weighted by Crippen LogP contribution is 2.28. The first-order valence-corrected chi connectivity index (χ1v) is 9.37. The van der Waals surface area contributed by atoms with Gasteiger partial charge < -0.3 is 10.2 Å². The van der Waals surface area contributed by atoms with Crippen LogP contribution in [0.5, 0.6) is 0 Å². The molecule has 0 radical (unpaired) electrons. The predicted octanol–water partition coefficient (Wildman–Crippen LogP) is 4.57. The highest BCUT2D eigenvalue weighted by atomic mass is 16.4. The third-order valence-electron chi connectivity index (χ3n) is 4.54. The summed E-state index contributed by atoms with van der Waals surface area (Å²) in [4.78, 5) is 22.4. The molecule has 0 heterocycles. The van der Waals surface area contributed by atoms with E-state index in [1.807, 2.05) is 12.2 Å². The molecule has 0 aromatic rings. The summed E-state index contributed by atoms with van der Waals surface area (Å²) in [5.74, 6) is -0.467. The van der Waals surface area contributed by atoms with Gasteiger partial charge in [-0.25, -0.2) is 0 Å². The molecule has 2 N–H and O–H groups in total. The largest absolute Gasteiger partial charge is 0.481 e. The van der Waals surface area contributed by atoms with Crippen molar-refractivity contribution in [1.29, 1.82) is 0 Å². The van der Waals surface area contributed by atoms with E-state index in [-0.39, 0.29) is 12.2 Å². The fourth-order valence-corrected chi connectivity index (χ4v) is 3.07. The van der Waals surface area contributed by atoms with E-state index < -0.39 is 12.1 Å². The molecule has 0 aliphatic heterocycles. The molecule has 0 amide bonds. The first-order valence-electron chi connectivity index (χ1n) is 9.37. The summed E-state index contributed by atoms with van der Waals surface area (Å²) < 4.78 is 0. The van der Waals surface area contributed by atoms with Gasteiger partial charge >= 0.3 is 5.97 Å². The number of carboxylic acids is 1. The Kier molecular flexibility index (Phi) is 10.3. The van der Waals surface area contributed by atoms with E-state index in [9.17, 15) is 14.7 Å². The van der Waals surface area contributed by atoms with E-state index in [0.29, 0.717) is 19.3 Å². The molecule has 24 heavy (non-hydrogen) atoms. The van der Waals surface area contributed by atoms with E-state index in [0.717, 1.165) is 62.5 Å². The smallest absolute Gasteiger partial charge is 0.303 e. The monoisotopic (exact) mass is 336 g/mol. The molecular formula is C20H32O4. The van der Waals surface area contributed by atoms with Gasteiger partial charge in [-0.3, -0.25) is 9.59 Å². The predicted molar refractivity (Wildman–Crippen MR) is 95.9 cm³/mol. The van der Waals surface area contributed by atoms with Crippen molar-refractivity contribution >= 4 is 11.8 Å². The van der Waals surface area contributed by atoms with Gasteiger partial charge in [0.2, 0.25) is 0 Å². The molecular weight excluding hydrogens is 304 g/mol. The number of allylic oxidation sites excluding steroid dienone is 3. The topological polar surface area (TPSA) is 74.6 Å². The Labute approximate surface area is 145 Å². The fourth-order valence-electron chi connectivity index (χ4n) is 3.07. The summed E-state index contributed by atoms with van der Waals surface area (Å²) in [6.07, 6.45) is 13.3. The maximum atomic E-state index is 11.9. The van der Waals surface area contributed by atoms with Gasteiger partial charge in [-0.1, -0.05) is 51.2 Å². The number of Topliss-reactive ketones (excluding diaryl/α,β-unsaturated/α-hetero) is 1.